The van der Waals surface area contributed by atoms with Crippen LogP contribution in [0.1, 0.15) is 5.56 Å². The van der Waals surface area contributed by atoms with Crippen LogP contribution in [-0.2, 0) is 0 Å². The maximum Gasteiger partial charge on any atom is 0.146 e. The third-order valence-electron chi connectivity index (χ3n) is 2.11. The third kappa shape index (κ3) is 2.73. The Bertz CT molecular complexity index is 638. The summed E-state index contributed by atoms with van der Waals surface area (Å²) in [5, 5.41) is 11.4. The van der Waals surface area contributed by atoms with Gasteiger partial charge < -0.3 is 5.32 Å². The maximum atomic E-state index is 13.4. The van der Waals surface area contributed by atoms with Crippen LogP contribution in [0.5, 0.6) is 0 Å². The van der Waals surface area contributed by atoms with Crippen molar-refractivity contribution in [1.82, 2.24) is 4.98 Å². The summed E-state index contributed by atoms with van der Waals surface area (Å²) in [4.78, 5) is 3.86. The number of aromatic nitrogens is 1. The summed E-state index contributed by atoms with van der Waals surface area (Å²) in [6.45, 7) is 0. The molecule has 0 radical (unpaired) electrons. The van der Waals surface area contributed by atoms with Crippen LogP contribution in [0, 0.1) is 23.0 Å². The van der Waals surface area contributed by atoms with Gasteiger partial charge in [0.05, 0.1) is 17.3 Å². The van der Waals surface area contributed by atoms with Gasteiger partial charge in [0.1, 0.15) is 22.6 Å². The van der Waals surface area contributed by atoms with Crippen molar-refractivity contribution in [1.29, 1.82) is 5.26 Å². The van der Waals surface area contributed by atoms with Gasteiger partial charge in [0.25, 0.3) is 0 Å². The zero-order chi connectivity index (χ0) is 13.1. The molecule has 0 spiro atoms. The fourth-order valence-corrected chi connectivity index (χ4v) is 1.57. The number of hydrogen-bond donors (Lipinski definition) is 1. The van der Waals surface area contributed by atoms with Crippen LogP contribution in [0.15, 0.2) is 30.3 Å². The molecule has 0 amide bonds. The molecule has 2 rings (SSSR count). The minimum Gasteiger partial charge on any atom is -0.338 e. The molecule has 0 fully saturated rings. The smallest absolute Gasteiger partial charge is 0.146 e. The molecule has 90 valence electrons. The molecule has 18 heavy (non-hydrogen) atoms. The summed E-state index contributed by atoms with van der Waals surface area (Å²) in [5.41, 5.74) is 0.197. The molecule has 3 nitrogen and oxygen atoms in total. The highest BCUT2D eigenvalue weighted by atomic mass is 35.5. The lowest BCUT2D eigenvalue weighted by Gasteiger charge is -2.07. The minimum absolute atomic E-state index is 0.0753. The first kappa shape index (κ1) is 12.3. The number of hydrogen-bond acceptors (Lipinski definition) is 3. The number of halogens is 3. The molecule has 1 N–H and O–H groups in total. The van der Waals surface area contributed by atoms with Crippen molar-refractivity contribution in [2.24, 2.45) is 0 Å². The average Bonchev–Trinajstić information content (AvgIpc) is 2.33. The maximum absolute atomic E-state index is 13.4. The molecule has 0 aliphatic heterocycles. The highest BCUT2D eigenvalue weighted by Gasteiger charge is 2.06. The fourth-order valence-electron chi connectivity index (χ4n) is 1.36. The first-order chi connectivity index (χ1) is 8.58. The number of benzene rings is 1. The predicted octanol–water partition coefficient (Wildman–Crippen LogP) is 3.63. The van der Waals surface area contributed by atoms with E-state index < -0.39 is 11.6 Å². The van der Waals surface area contributed by atoms with Crippen LogP contribution < -0.4 is 5.32 Å². The molecule has 0 bridgehead atoms. The lowest BCUT2D eigenvalue weighted by Crippen LogP contribution is -1.98. The normalized spacial score (nSPS) is 9.89. The van der Waals surface area contributed by atoms with Crippen LogP contribution in [-0.4, -0.2) is 4.98 Å². The number of nitrogens with one attached hydrogen (secondary N) is 1. The standard InChI is InChI=1S/C12H6ClF2N3/c13-11-3-7(6-16)4-12(18-11)17-10-5-8(14)1-2-9(10)15/h1-5H,(H,17,18). The Balaban J connectivity index is 2.37. The van der Waals surface area contributed by atoms with E-state index in [2.05, 4.69) is 10.3 Å². The lowest BCUT2D eigenvalue weighted by molar-refractivity contribution is 0.603. The van der Waals surface area contributed by atoms with Gasteiger partial charge in [-0.2, -0.15) is 5.26 Å². The van der Waals surface area contributed by atoms with E-state index in [9.17, 15) is 8.78 Å². The van der Waals surface area contributed by atoms with Crippen LogP contribution in [0.25, 0.3) is 0 Å². The molecule has 0 saturated carbocycles. The highest BCUT2D eigenvalue weighted by Crippen LogP contribution is 2.21. The minimum atomic E-state index is -0.628. The van der Waals surface area contributed by atoms with Gasteiger partial charge in [-0.15, -0.1) is 0 Å². The Labute approximate surface area is 107 Å². The molecule has 1 heterocycles. The van der Waals surface area contributed by atoms with Crippen molar-refractivity contribution < 1.29 is 8.78 Å². The zero-order valence-electron chi connectivity index (χ0n) is 8.92. The second kappa shape index (κ2) is 4.98. The zero-order valence-corrected chi connectivity index (χ0v) is 9.67. The monoisotopic (exact) mass is 265 g/mol. The van der Waals surface area contributed by atoms with E-state index in [0.717, 1.165) is 18.2 Å². The van der Waals surface area contributed by atoms with Gasteiger partial charge in [-0.05, 0) is 24.3 Å². The van der Waals surface area contributed by atoms with Gasteiger partial charge >= 0.3 is 0 Å². The van der Waals surface area contributed by atoms with Gasteiger partial charge in [0, 0.05) is 6.07 Å². The highest BCUT2D eigenvalue weighted by molar-refractivity contribution is 6.29. The SMILES string of the molecule is N#Cc1cc(Cl)nc(Nc2cc(F)ccc2F)c1. The van der Waals surface area contributed by atoms with E-state index in [1.165, 1.54) is 12.1 Å². The topological polar surface area (TPSA) is 48.7 Å². The fraction of sp³-hybridized carbons (Fsp3) is 0. The second-order valence-electron chi connectivity index (χ2n) is 3.42. The van der Waals surface area contributed by atoms with E-state index in [1.54, 1.807) is 0 Å². The van der Waals surface area contributed by atoms with Crippen molar-refractivity contribution in [3.05, 3.63) is 52.7 Å². The van der Waals surface area contributed by atoms with Crippen molar-refractivity contribution in [2.45, 2.75) is 0 Å². The third-order valence-corrected chi connectivity index (χ3v) is 2.31. The summed E-state index contributed by atoms with van der Waals surface area (Å²) < 4.78 is 26.4. The summed E-state index contributed by atoms with van der Waals surface area (Å²) in [7, 11) is 0. The molecule has 1 aromatic carbocycles. The van der Waals surface area contributed by atoms with Gasteiger partial charge in [-0.25, -0.2) is 13.8 Å². The van der Waals surface area contributed by atoms with E-state index in [1.807, 2.05) is 6.07 Å². The Morgan fingerprint density at radius 2 is 2.00 bits per heavy atom. The van der Waals surface area contributed by atoms with E-state index in [4.69, 9.17) is 16.9 Å². The van der Waals surface area contributed by atoms with Gasteiger partial charge in [0.2, 0.25) is 0 Å². The van der Waals surface area contributed by atoms with Gasteiger partial charge in [-0.1, -0.05) is 11.6 Å². The quantitative estimate of drug-likeness (QED) is 0.844. The van der Waals surface area contributed by atoms with Crippen LogP contribution >= 0.6 is 11.6 Å². The lowest BCUT2D eigenvalue weighted by atomic mass is 10.2. The van der Waals surface area contributed by atoms with Crippen LogP contribution in [0.2, 0.25) is 5.15 Å². The van der Waals surface area contributed by atoms with E-state index >= 15 is 0 Å². The number of nitriles is 1. The Kier molecular flexibility index (Phi) is 3.40. The molecule has 6 heteroatoms. The molecule has 1 aromatic heterocycles. The molecule has 2 aromatic rings. The molecular weight excluding hydrogens is 260 g/mol. The van der Waals surface area contributed by atoms with Crippen LogP contribution in [0.4, 0.5) is 20.3 Å². The van der Waals surface area contributed by atoms with Gasteiger partial charge in [-0.3, -0.25) is 0 Å². The molecule has 0 aliphatic carbocycles. The van der Waals surface area contributed by atoms with Crippen molar-refractivity contribution in [3.63, 3.8) is 0 Å². The molecule has 0 atom stereocenters. The largest absolute Gasteiger partial charge is 0.338 e. The Morgan fingerprint density at radius 1 is 1.22 bits per heavy atom. The van der Waals surface area contributed by atoms with Gasteiger partial charge in [0.15, 0.2) is 0 Å². The number of rotatable bonds is 2. The summed E-state index contributed by atoms with van der Waals surface area (Å²) in [6.07, 6.45) is 0. The summed E-state index contributed by atoms with van der Waals surface area (Å²) >= 11 is 5.70. The first-order valence-corrected chi connectivity index (χ1v) is 5.26. The molecule has 0 unspecified atom stereocenters. The summed E-state index contributed by atoms with van der Waals surface area (Å²) in [5.74, 6) is -1.04. The predicted molar refractivity (Wildman–Crippen MR) is 63.6 cm³/mol. The number of anilines is 2. The average molecular weight is 266 g/mol. The van der Waals surface area contributed by atoms with E-state index in [0.29, 0.717) is 0 Å². The first-order valence-electron chi connectivity index (χ1n) is 4.88. The summed E-state index contributed by atoms with van der Waals surface area (Å²) in [6, 6.07) is 7.63. The number of nitrogens with zero attached hydrogens (tertiary/aromatic N) is 2. The van der Waals surface area contributed by atoms with Crippen molar-refractivity contribution >= 4 is 23.1 Å². The van der Waals surface area contributed by atoms with Crippen LogP contribution in [0.3, 0.4) is 0 Å². The molecular formula is C12H6ClF2N3. The van der Waals surface area contributed by atoms with E-state index in [-0.39, 0.29) is 22.2 Å². The van der Waals surface area contributed by atoms with Crippen molar-refractivity contribution in [3.8, 4) is 6.07 Å². The molecule has 0 saturated heterocycles. The Hall–Kier alpha value is -2.19. The van der Waals surface area contributed by atoms with Crippen molar-refractivity contribution in [2.75, 3.05) is 5.32 Å². The Morgan fingerprint density at radius 3 is 2.72 bits per heavy atom. The number of pyridine rings is 1. The molecule has 0 aliphatic rings. The second-order valence-corrected chi connectivity index (χ2v) is 3.81.